The number of thiocarbonyl (C=S) groups is 1. The Balaban J connectivity index is 1.85. The van der Waals surface area contributed by atoms with E-state index in [1.165, 1.54) is 28.0 Å². The highest BCUT2D eigenvalue weighted by Gasteiger charge is 2.29. The number of hydrogen-bond acceptors (Lipinski definition) is 2. The molecule has 0 aromatic heterocycles. The van der Waals surface area contributed by atoms with Gasteiger partial charge < -0.3 is 15.4 Å². The van der Waals surface area contributed by atoms with Crippen LogP contribution >= 0.6 is 12.2 Å². The maximum atomic E-state index is 5.50. The molecule has 4 rings (SSSR count). The zero-order valence-corrected chi connectivity index (χ0v) is 14.5. The van der Waals surface area contributed by atoms with Crippen molar-refractivity contribution in [2.24, 2.45) is 0 Å². The van der Waals surface area contributed by atoms with Gasteiger partial charge in [0.2, 0.25) is 0 Å². The van der Waals surface area contributed by atoms with Crippen LogP contribution in [0.4, 0.5) is 0 Å². The van der Waals surface area contributed by atoms with Gasteiger partial charge in [-0.15, -0.1) is 0 Å². The number of hydrogen-bond donors (Lipinski definition) is 2. The Morgan fingerprint density at radius 2 is 1.96 bits per heavy atom. The number of benzene rings is 2. The molecule has 122 valence electrons. The smallest absolute Gasteiger partial charge is 0.171 e. The average molecular weight is 336 g/mol. The normalized spacial score (nSPS) is 19.5. The van der Waals surface area contributed by atoms with E-state index in [2.05, 4.69) is 47.0 Å². The van der Waals surface area contributed by atoms with Crippen molar-refractivity contribution < 1.29 is 4.74 Å². The lowest BCUT2D eigenvalue weighted by atomic mass is 9.91. The van der Waals surface area contributed by atoms with Gasteiger partial charge in [0.25, 0.3) is 0 Å². The minimum atomic E-state index is 0.0926. The number of aryl methyl sites for hydroxylation is 1. The van der Waals surface area contributed by atoms with Gasteiger partial charge in [-0.1, -0.05) is 36.4 Å². The largest absolute Gasteiger partial charge is 0.497 e. The lowest BCUT2D eigenvalue weighted by Crippen LogP contribution is -2.43. The Kier molecular flexibility index (Phi) is 3.98. The molecular weight excluding hydrogens is 316 g/mol. The van der Waals surface area contributed by atoms with E-state index in [1.807, 2.05) is 12.1 Å². The van der Waals surface area contributed by atoms with Crippen LogP contribution in [0.25, 0.3) is 5.70 Å². The van der Waals surface area contributed by atoms with Crippen molar-refractivity contribution in [1.82, 2.24) is 10.6 Å². The standard InChI is InChI=1S/C20H20N2OS/c1-23-15-9-4-8-14(12-15)18-17-11-5-7-13-6-2-3-10-16(13)19(17)22-20(24)21-18/h2-4,6,8-10,12,18H,5,7,11H2,1H3,(H2,21,22,24). The second-order valence-electron chi connectivity index (χ2n) is 6.22. The Morgan fingerprint density at radius 1 is 1.08 bits per heavy atom. The lowest BCUT2D eigenvalue weighted by molar-refractivity contribution is 0.414. The lowest BCUT2D eigenvalue weighted by Gasteiger charge is -2.32. The van der Waals surface area contributed by atoms with Gasteiger partial charge in [-0.3, -0.25) is 0 Å². The molecule has 1 aliphatic carbocycles. The molecule has 0 bridgehead atoms. The summed E-state index contributed by atoms with van der Waals surface area (Å²) in [4.78, 5) is 0. The second-order valence-corrected chi connectivity index (χ2v) is 6.63. The molecule has 1 heterocycles. The molecule has 3 nitrogen and oxygen atoms in total. The maximum absolute atomic E-state index is 5.50. The highest BCUT2D eigenvalue weighted by molar-refractivity contribution is 7.80. The summed E-state index contributed by atoms with van der Waals surface area (Å²) >= 11 is 5.50. The predicted octanol–water partition coefficient (Wildman–Crippen LogP) is 3.96. The van der Waals surface area contributed by atoms with E-state index in [1.54, 1.807) is 7.11 Å². The minimum Gasteiger partial charge on any atom is -0.497 e. The van der Waals surface area contributed by atoms with Crippen LogP contribution < -0.4 is 15.4 Å². The number of rotatable bonds is 2. The summed E-state index contributed by atoms with van der Waals surface area (Å²) in [5.74, 6) is 0.870. The highest BCUT2D eigenvalue weighted by Crippen LogP contribution is 2.38. The van der Waals surface area contributed by atoms with E-state index in [9.17, 15) is 0 Å². The molecule has 0 radical (unpaired) electrons. The van der Waals surface area contributed by atoms with Gasteiger partial charge in [0.1, 0.15) is 5.75 Å². The van der Waals surface area contributed by atoms with Crippen molar-refractivity contribution in [3.05, 3.63) is 70.8 Å². The van der Waals surface area contributed by atoms with Crippen molar-refractivity contribution in [3.63, 3.8) is 0 Å². The van der Waals surface area contributed by atoms with Gasteiger partial charge >= 0.3 is 0 Å². The van der Waals surface area contributed by atoms with Gasteiger partial charge in [-0.05, 0) is 60.3 Å². The third-order valence-electron chi connectivity index (χ3n) is 4.79. The Hall–Kier alpha value is -2.33. The predicted molar refractivity (Wildman–Crippen MR) is 101 cm³/mol. The van der Waals surface area contributed by atoms with E-state index in [0.717, 1.165) is 25.0 Å². The number of methoxy groups -OCH3 is 1. The van der Waals surface area contributed by atoms with Crippen LogP contribution in [-0.2, 0) is 6.42 Å². The van der Waals surface area contributed by atoms with E-state index < -0.39 is 0 Å². The van der Waals surface area contributed by atoms with Crippen LogP contribution in [-0.4, -0.2) is 12.2 Å². The SMILES string of the molecule is COc1cccc(C2NC(=S)NC3=C2CCCc2ccccc23)c1. The molecular formula is C20H20N2OS. The van der Waals surface area contributed by atoms with Gasteiger partial charge in [0, 0.05) is 11.3 Å². The highest BCUT2D eigenvalue weighted by atomic mass is 32.1. The van der Waals surface area contributed by atoms with E-state index >= 15 is 0 Å². The van der Waals surface area contributed by atoms with Crippen LogP contribution in [0.5, 0.6) is 5.75 Å². The summed E-state index contributed by atoms with van der Waals surface area (Å²) in [6.45, 7) is 0. The molecule has 2 aromatic carbocycles. The first kappa shape index (κ1) is 15.2. The second kappa shape index (κ2) is 6.29. The van der Waals surface area contributed by atoms with Gasteiger partial charge in [-0.2, -0.15) is 0 Å². The third kappa shape index (κ3) is 2.67. The molecule has 0 saturated heterocycles. The van der Waals surface area contributed by atoms with Crippen molar-refractivity contribution >= 4 is 23.0 Å². The van der Waals surface area contributed by atoms with Crippen molar-refractivity contribution in [3.8, 4) is 5.75 Å². The van der Waals surface area contributed by atoms with Gasteiger partial charge in [0.05, 0.1) is 13.2 Å². The first-order valence-electron chi connectivity index (χ1n) is 8.29. The fraction of sp³-hybridized carbons (Fsp3) is 0.250. The van der Waals surface area contributed by atoms with Crippen LogP contribution in [0.1, 0.15) is 35.6 Å². The van der Waals surface area contributed by atoms with E-state index in [4.69, 9.17) is 17.0 Å². The Labute approximate surface area is 147 Å². The number of fused-ring (bicyclic) bond motifs is 2. The zero-order valence-electron chi connectivity index (χ0n) is 13.6. The maximum Gasteiger partial charge on any atom is 0.171 e. The minimum absolute atomic E-state index is 0.0926. The van der Waals surface area contributed by atoms with Crippen molar-refractivity contribution in [2.45, 2.75) is 25.3 Å². The van der Waals surface area contributed by atoms with Crippen LogP contribution in [0.3, 0.4) is 0 Å². The summed E-state index contributed by atoms with van der Waals surface area (Å²) < 4.78 is 5.40. The molecule has 2 aromatic rings. The fourth-order valence-electron chi connectivity index (χ4n) is 3.66. The molecule has 2 aliphatic rings. The number of ether oxygens (including phenoxy) is 1. The van der Waals surface area contributed by atoms with Crippen LogP contribution in [0.15, 0.2) is 54.1 Å². The first-order valence-corrected chi connectivity index (χ1v) is 8.70. The molecule has 1 aliphatic heterocycles. The average Bonchev–Trinajstić information content (AvgIpc) is 2.81. The topological polar surface area (TPSA) is 33.3 Å². The summed E-state index contributed by atoms with van der Waals surface area (Å²) in [6, 6.07) is 17.0. The van der Waals surface area contributed by atoms with E-state index in [0.29, 0.717) is 5.11 Å². The molecule has 24 heavy (non-hydrogen) atoms. The molecule has 0 amide bonds. The molecule has 0 fully saturated rings. The Bertz CT molecular complexity index is 828. The van der Waals surface area contributed by atoms with Crippen molar-refractivity contribution in [2.75, 3.05) is 7.11 Å². The summed E-state index contributed by atoms with van der Waals surface area (Å²) in [6.07, 6.45) is 3.30. The van der Waals surface area contributed by atoms with E-state index in [-0.39, 0.29) is 6.04 Å². The van der Waals surface area contributed by atoms with Gasteiger partial charge in [-0.25, -0.2) is 0 Å². The van der Waals surface area contributed by atoms with Crippen LogP contribution in [0, 0.1) is 0 Å². The summed E-state index contributed by atoms with van der Waals surface area (Å²) in [7, 11) is 1.70. The molecule has 4 heteroatoms. The molecule has 1 unspecified atom stereocenters. The third-order valence-corrected chi connectivity index (χ3v) is 5.01. The van der Waals surface area contributed by atoms with Crippen LogP contribution in [0.2, 0.25) is 0 Å². The quantitative estimate of drug-likeness (QED) is 0.813. The first-order chi connectivity index (χ1) is 11.8. The zero-order chi connectivity index (χ0) is 16.5. The number of nitrogens with one attached hydrogen (secondary N) is 2. The van der Waals surface area contributed by atoms with Crippen molar-refractivity contribution in [1.29, 1.82) is 0 Å². The molecule has 1 atom stereocenters. The fourth-order valence-corrected chi connectivity index (χ4v) is 3.88. The summed E-state index contributed by atoms with van der Waals surface area (Å²) in [5.41, 5.74) is 6.41. The Morgan fingerprint density at radius 3 is 2.83 bits per heavy atom. The van der Waals surface area contributed by atoms with Gasteiger partial charge in [0.15, 0.2) is 5.11 Å². The molecule has 0 spiro atoms. The monoisotopic (exact) mass is 336 g/mol. The summed E-state index contributed by atoms with van der Waals surface area (Å²) in [5, 5.41) is 7.54. The molecule has 2 N–H and O–H groups in total. The molecule has 0 saturated carbocycles.